The number of urea groups is 1. The van der Waals surface area contributed by atoms with Crippen molar-refractivity contribution in [2.24, 2.45) is 47.2 Å². The van der Waals surface area contributed by atoms with Crippen LogP contribution in [0.15, 0.2) is 103 Å². The normalized spacial score (nSPS) is 15.6. The van der Waals surface area contributed by atoms with Gasteiger partial charge in [-0.05, 0) is 97.6 Å². The summed E-state index contributed by atoms with van der Waals surface area (Å²) in [4.78, 5) is 172. The molecule has 0 radical (unpaired) electrons. The van der Waals surface area contributed by atoms with Crippen LogP contribution >= 0.6 is 0 Å². The van der Waals surface area contributed by atoms with E-state index in [-0.39, 0.29) is 169 Å². The molecule has 1 aromatic heterocycles. The minimum Gasteiger partial charge on any atom is -0.445 e. The van der Waals surface area contributed by atoms with Gasteiger partial charge in [0.1, 0.15) is 18.0 Å². The summed E-state index contributed by atoms with van der Waals surface area (Å²) in [6, 6.07) is 26.6. The van der Waals surface area contributed by atoms with Crippen molar-refractivity contribution < 1.29 is 95.8 Å². The minimum absolute atomic E-state index is 0.0407. The number of methoxy groups -OCH3 is 2. The molecule has 1 fully saturated rings. The van der Waals surface area contributed by atoms with Gasteiger partial charge in [0.2, 0.25) is 47.3 Å². The molecule has 1 unspecified atom stereocenters. The zero-order valence-corrected chi connectivity index (χ0v) is 78.0. The van der Waals surface area contributed by atoms with Crippen LogP contribution in [0, 0.1) is 41.4 Å². The average Bonchev–Trinajstić information content (AvgIpc) is 1.74. The molecule has 1 saturated heterocycles. The summed E-state index contributed by atoms with van der Waals surface area (Å²) in [5, 5.41) is 36.5. The third-order valence-electron chi connectivity index (χ3n) is 24.2. The molecular formula is C95H140N14O20. The number of aliphatic hydroxyl groups is 1. The number of rotatable bonds is 56. The highest BCUT2D eigenvalue weighted by Crippen LogP contribution is 2.41. The summed E-state index contributed by atoms with van der Waals surface area (Å²) < 4.78 is 40.3. The number of carbonyl (C=O) groups is 12. The van der Waals surface area contributed by atoms with E-state index in [1.54, 1.807) is 107 Å². The van der Waals surface area contributed by atoms with Gasteiger partial charge in [0.05, 0.1) is 126 Å². The smallest absolute Gasteiger partial charge is 0.410 e. The number of H-pyrrole nitrogens is 1. The quantitative estimate of drug-likeness (QED) is 0.0168. The average molecular weight is 1800 g/mol. The fourth-order valence-corrected chi connectivity index (χ4v) is 16.6. The molecule has 710 valence electrons. The molecule has 4 aromatic carbocycles. The summed E-state index contributed by atoms with van der Waals surface area (Å²) in [5.74, 6) is -6.80. The minimum atomic E-state index is -0.989. The van der Waals surface area contributed by atoms with E-state index in [0.717, 1.165) is 22.4 Å². The molecule has 0 spiro atoms. The molecule has 0 saturated carbocycles. The lowest BCUT2D eigenvalue weighted by Crippen LogP contribution is -2.55. The summed E-state index contributed by atoms with van der Waals surface area (Å²) >= 11 is 0. The first kappa shape index (κ1) is 105. The van der Waals surface area contributed by atoms with Crippen LogP contribution in [-0.4, -0.2) is 268 Å². The molecule has 2 aliphatic rings. The molecule has 2 aliphatic heterocycles. The van der Waals surface area contributed by atoms with Crippen LogP contribution in [0.1, 0.15) is 176 Å². The van der Waals surface area contributed by atoms with Crippen LogP contribution in [0.2, 0.25) is 0 Å². The SMILES string of the molecule is CC[C@H](C)[C@@H]([C@@H](CC(=O)N1CCCC1[C@H](OC)[C@@H](C)C(=O)N[C@H](C)[C@@H](O)c1ccccc1)OC)N(C)C(=O)[C@@H](CC(=O)[C@H](C(C)C)N(C)C(=O)OCc1ccc(NC(=O)[C@H](CCCNC(N)=O)CC(=O)[C@@H](NC(=O)CCCC(=O)N(C)CCOCCOCCOCCOCCC(=O)NCCC(=O)N2Cc3ccccc3-c3n[nH]nc3-c3ccccc32)C(C)C)cc1)C(C)C. The van der Waals surface area contributed by atoms with Crippen molar-refractivity contribution in [2.75, 3.05) is 125 Å². The Bertz CT molecular complexity index is 4420. The van der Waals surface area contributed by atoms with Gasteiger partial charge in [0, 0.05) is 129 Å². The van der Waals surface area contributed by atoms with E-state index in [9.17, 15) is 62.6 Å². The van der Waals surface area contributed by atoms with Crippen LogP contribution in [-0.2, 0) is 94.3 Å². The number of ketones is 2. The van der Waals surface area contributed by atoms with Crippen molar-refractivity contribution in [3.8, 4) is 22.5 Å². The van der Waals surface area contributed by atoms with Gasteiger partial charge in [0.25, 0.3) is 0 Å². The number of carbonyl (C=O) groups excluding carboxylic acids is 12. The number of nitrogens with zero attached hydrogens (tertiary/aromatic N) is 7. The number of nitrogens with one attached hydrogen (secondary N) is 6. The van der Waals surface area contributed by atoms with Crippen molar-refractivity contribution in [2.45, 2.75) is 214 Å². The lowest BCUT2D eigenvalue weighted by molar-refractivity contribution is -0.149. The van der Waals surface area contributed by atoms with Gasteiger partial charge in [-0.2, -0.15) is 15.4 Å². The van der Waals surface area contributed by atoms with E-state index in [4.69, 9.17) is 38.9 Å². The van der Waals surface area contributed by atoms with Gasteiger partial charge in [-0.1, -0.05) is 154 Å². The number of ether oxygens (including phenoxy) is 7. The van der Waals surface area contributed by atoms with E-state index in [1.165, 1.54) is 31.1 Å². The number of hydrogen-bond donors (Lipinski definition) is 8. The van der Waals surface area contributed by atoms with Gasteiger partial charge in [-0.3, -0.25) is 47.9 Å². The second-order valence-corrected chi connectivity index (χ2v) is 34.5. The zero-order chi connectivity index (χ0) is 94.4. The number of likely N-dealkylation sites (tertiary alicyclic amines) is 1. The number of hydrogen-bond acceptors (Lipinski definition) is 22. The Morgan fingerprint density at radius 2 is 1.24 bits per heavy atom. The van der Waals surface area contributed by atoms with Gasteiger partial charge in [-0.15, -0.1) is 0 Å². The van der Waals surface area contributed by atoms with Crippen LogP contribution in [0.3, 0.4) is 0 Å². The summed E-state index contributed by atoms with van der Waals surface area (Å²) in [7, 11) is 7.82. The van der Waals surface area contributed by atoms with Crippen LogP contribution in [0.25, 0.3) is 22.5 Å². The Balaban J connectivity index is 0.778. The fourth-order valence-electron chi connectivity index (χ4n) is 16.6. The lowest BCUT2D eigenvalue weighted by Gasteiger charge is -2.41. The maximum atomic E-state index is 15.0. The maximum absolute atomic E-state index is 15.0. The second-order valence-electron chi connectivity index (χ2n) is 34.5. The Morgan fingerprint density at radius 1 is 0.612 bits per heavy atom. The first-order valence-corrected chi connectivity index (χ1v) is 45.2. The van der Waals surface area contributed by atoms with Crippen molar-refractivity contribution in [1.82, 2.24) is 56.3 Å². The highest BCUT2D eigenvalue weighted by Gasteiger charge is 2.45. The van der Waals surface area contributed by atoms with Gasteiger partial charge < -0.3 is 95.1 Å². The Labute approximate surface area is 759 Å². The number of amides is 11. The van der Waals surface area contributed by atoms with Gasteiger partial charge in [0.15, 0.2) is 11.6 Å². The molecule has 5 aromatic rings. The molecule has 129 heavy (non-hydrogen) atoms. The first-order valence-electron chi connectivity index (χ1n) is 45.2. The third-order valence-corrected chi connectivity index (χ3v) is 24.2. The maximum Gasteiger partial charge on any atom is 0.410 e. The molecule has 7 rings (SSSR count). The summed E-state index contributed by atoms with van der Waals surface area (Å²) in [6.45, 7) is 21.7. The molecule has 11 amide bonds. The highest BCUT2D eigenvalue weighted by molar-refractivity contribution is 6.01. The summed E-state index contributed by atoms with van der Waals surface area (Å²) in [6.07, 6.45) is -0.899. The molecule has 0 aliphatic carbocycles. The lowest BCUT2D eigenvalue weighted by atomic mass is 9.83. The van der Waals surface area contributed by atoms with Crippen molar-refractivity contribution in [3.05, 3.63) is 120 Å². The summed E-state index contributed by atoms with van der Waals surface area (Å²) in [5.41, 5.74) is 11.6. The van der Waals surface area contributed by atoms with Crippen LogP contribution < -0.4 is 37.2 Å². The Morgan fingerprint density at radius 3 is 1.87 bits per heavy atom. The number of nitrogens with two attached hydrogens (primary N) is 1. The molecular weight excluding hydrogens is 1660 g/mol. The number of fused-ring (bicyclic) bond motifs is 5. The zero-order valence-electron chi connectivity index (χ0n) is 78.0. The van der Waals surface area contributed by atoms with Crippen molar-refractivity contribution in [3.63, 3.8) is 0 Å². The number of aliphatic hydroxyl groups excluding tert-OH is 1. The Kier molecular flexibility index (Phi) is 44.2. The van der Waals surface area contributed by atoms with Gasteiger partial charge >= 0.3 is 12.1 Å². The molecule has 3 heterocycles. The van der Waals surface area contributed by atoms with E-state index in [2.05, 4.69) is 42.0 Å². The fraction of sp³-hybridized carbons (Fsp3) is 0.600. The number of primary amides is 1. The topological polar surface area (TPSA) is 434 Å². The highest BCUT2D eigenvalue weighted by atomic mass is 16.6. The molecule has 12 atom stereocenters. The first-order chi connectivity index (χ1) is 61.7. The molecule has 0 bridgehead atoms. The number of aromatic nitrogens is 3. The van der Waals surface area contributed by atoms with Crippen molar-refractivity contribution in [1.29, 1.82) is 0 Å². The van der Waals surface area contributed by atoms with E-state index >= 15 is 0 Å². The second kappa shape index (κ2) is 54.1. The van der Waals surface area contributed by atoms with E-state index < -0.39 is 96.1 Å². The number of Topliss-reactive ketones (excluding diaryl/α,β-unsaturated/α-hetero) is 2. The molecule has 9 N–H and O–H groups in total. The predicted molar refractivity (Wildman–Crippen MR) is 487 cm³/mol. The molecule has 34 heteroatoms. The molecule has 34 nitrogen and oxygen atoms in total. The number of likely N-dealkylation sites (N-methyl/N-ethyl adjacent to an activating group) is 3. The number of para-hydroxylation sites is 1. The predicted octanol–water partition coefficient (Wildman–Crippen LogP) is 9.36. The third kappa shape index (κ3) is 32.2. The number of aromatic amines is 1. The Hall–Kier alpha value is -10.6. The largest absolute Gasteiger partial charge is 0.445 e. The monoisotopic (exact) mass is 1800 g/mol. The standard InChI is InChI=1S/C95H140N14O20/c1-16-63(8)88(78(123-14)57-83(116)108-45-26-34-75(108)90(124-15)64(9)91(118)99-65(10)89(117)67-27-18-17-19-28-67)106(12)93(120)73(60(2)3)56-77(111)87(62(6)7)107(13)95(122)129-59-66-37-39-70(40-38-66)100-92(119)68(30-25-43-98-94(96)121)55-76(110)84(61(4)5)101-80(113)35-24-36-81(114)105(11)46-48-126-50-52-128-54-53-127-51-49-125-47-42-79(112)97-44-41-82(115)109-58-69-29-20-21-31-71(69)85-86(103-104-102-85)72-32-22-23-33-74(72)109/h17-23,27-29,31-33,37-40,60-65,68,73,75,78,84,87-90,117H,16,24-26,30,34-36,41-59H2,1-15H3,(H,97,112)(H,99,118)(H,100,119)(H,101,113)(H3,96,98,121)(H,102,103,104)/t63-,64+,65+,68+,73-,75?,78+,84-,87-,88-,89+,90+/m0/s1. The van der Waals surface area contributed by atoms with Crippen molar-refractivity contribution >= 4 is 82.3 Å². The van der Waals surface area contributed by atoms with E-state index in [1.807, 2.05) is 94.4 Å². The number of benzene rings is 4. The van der Waals surface area contributed by atoms with Crippen LogP contribution in [0.5, 0.6) is 0 Å². The number of anilines is 2. The van der Waals surface area contributed by atoms with E-state index in [0.29, 0.717) is 99.9 Å². The van der Waals surface area contributed by atoms with Crippen LogP contribution in [0.4, 0.5) is 21.0 Å². The van der Waals surface area contributed by atoms with Gasteiger partial charge in [-0.25, -0.2) is 9.59 Å².